The van der Waals surface area contributed by atoms with Gasteiger partial charge < -0.3 is 10.6 Å². The molecule has 2 N–H and O–H groups in total. The molecule has 2 aliphatic rings. The summed E-state index contributed by atoms with van der Waals surface area (Å²) in [7, 11) is 0. The van der Waals surface area contributed by atoms with Crippen LogP contribution in [0.15, 0.2) is 24.3 Å². The van der Waals surface area contributed by atoms with Crippen molar-refractivity contribution in [1.82, 2.24) is 10.6 Å². The van der Waals surface area contributed by atoms with Crippen LogP contribution in [0.3, 0.4) is 0 Å². The summed E-state index contributed by atoms with van der Waals surface area (Å²) in [6.07, 6.45) is 2.86. The van der Waals surface area contributed by atoms with Crippen LogP contribution < -0.4 is 15.5 Å². The molecular weight excluding hydrogens is 274 g/mol. The Kier molecular flexibility index (Phi) is 3.68. The minimum Gasteiger partial charge on any atom is -0.335 e. The third-order valence-corrected chi connectivity index (χ3v) is 4.65. The number of fused-ring (bicyclic) bond motifs is 1. The van der Waals surface area contributed by atoms with Gasteiger partial charge in [0.1, 0.15) is 0 Å². The van der Waals surface area contributed by atoms with Crippen LogP contribution in [0.1, 0.15) is 46.1 Å². The maximum atomic E-state index is 12.7. The lowest BCUT2D eigenvalue weighted by atomic mass is 9.80. The Morgan fingerprint density at radius 1 is 1.18 bits per heavy atom. The van der Waals surface area contributed by atoms with Crippen molar-refractivity contribution in [1.29, 1.82) is 0 Å². The van der Waals surface area contributed by atoms with E-state index >= 15 is 0 Å². The number of carbonyl (C=O) groups excluding carboxylic acids is 1. The maximum Gasteiger partial charge on any atom is 0.322 e. The Balaban J connectivity index is 1.70. The van der Waals surface area contributed by atoms with Gasteiger partial charge in [0.15, 0.2) is 0 Å². The first-order chi connectivity index (χ1) is 10.3. The van der Waals surface area contributed by atoms with Crippen molar-refractivity contribution in [3.8, 4) is 0 Å². The Hall–Kier alpha value is -1.55. The zero-order valence-corrected chi connectivity index (χ0v) is 14.1. The standard InChI is InChI=1S/C18H27N3O/c1-17(2)11-14(12-18(3,4)20-17)19-16(22)21-10-9-13-7-5-6-8-15(13)21/h5-8,14,20H,9-12H2,1-4H3,(H,19,22). The molecule has 120 valence electrons. The van der Waals surface area contributed by atoms with E-state index < -0.39 is 0 Å². The quantitative estimate of drug-likeness (QED) is 0.837. The molecule has 0 saturated carbocycles. The SMILES string of the molecule is CC1(C)CC(NC(=O)N2CCc3ccccc32)CC(C)(C)N1. The number of carbonyl (C=O) groups is 1. The molecule has 0 bridgehead atoms. The topological polar surface area (TPSA) is 44.4 Å². The van der Waals surface area contributed by atoms with E-state index in [2.05, 4.69) is 44.4 Å². The summed E-state index contributed by atoms with van der Waals surface area (Å²) in [5.41, 5.74) is 2.42. The Bertz CT molecular complexity index is 563. The molecule has 4 nitrogen and oxygen atoms in total. The molecule has 2 amide bonds. The maximum absolute atomic E-state index is 12.7. The van der Waals surface area contributed by atoms with Crippen LogP contribution in [0.25, 0.3) is 0 Å². The summed E-state index contributed by atoms with van der Waals surface area (Å²) < 4.78 is 0. The molecule has 3 rings (SSSR count). The second-order valence-corrected chi connectivity index (χ2v) is 7.98. The molecule has 0 atom stereocenters. The Morgan fingerprint density at radius 3 is 2.50 bits per heavy atom. The number of nitrogens with zero attached hydrogens (tertiary/aromatic N) is 1. The number of amides is 2. The van der Waals surface area contributed by atoms with Gasteiger partial charge in [-0.1, -0.05) is 18.2 Å². The first-order valence-corrected chi connectivity index (χ1v) is 8.21. The number of para-hydroxylation sites is 1. The van der Waals surface area contributed by atoms with E-state index in [0.717, 1.165) is 31.5 Å². The first kappa shape index (κ1) is 15.3. The van der Waals surface area contributed by atoms with Crippen LogP contribution in [0.4, 0.5) is 10.5 Å². The monoisotopic (exact) mass is 301 g/mol. The van der Waals surface area contributed by atoms with Crippen LogP contribution in [0.5, 0.6) is 0 Å². The average molecular weight is 301 g/mol. The highest BCUT2D eigenvalue weighted by atomic mass is 16.2. The lowest BCUT2D eigenvalue weighted by molar-refractivity contribution is 0.148. The van der Waals surface area contributed by atoms with Crippen LogP contribution >= 0.6 is 0 Å². The van der Waals surface area contributed by atoms with Gasteiger partial charge in [-0.25, -0.2) is 4.79 Å². The summed E-state index contributed by atoms with van der Waals surface area (Å²) in [5.74, 6) is 0. The van der Waals surface area contributed by atoms with Crippen molar-refractivity contribution < 1.29 is 4.79 Å². The number of rotatable bonds is 1. The number of piperidine rings is 1. The summed E-state index contributed by atoms with van der Waals surface area (Å²) in [5, 5.41) is 6.92. The highest BCUT2D eigenvalue weighted by Gasteiger charge is 2.39. The lowest BCUT2D eigenvalue weighted by Crippen LogP contribution is -2.63. The fraction of sp³-hybridized carbons (Fsp3) is 0.611. The van der Waals surface area contributed by atoms with E-state index in [9.17, 15) is 4.79 Å². The van der Waals surface area contributed by atoms with E-state index in [1.807, 2.05) is 23.1 Å². The van der Waals surface area contributed by atoms with Gasteiger partial charge in [-0.2, -0.15) is 0 Å². The van der Waals surface area contributed by atoms with Gasteiger partial charge in [0.05, 0.1) is 0 Å². The van der Waals surface area contributed by atoms with Gasteiger partial charge in [-0.3, -0.25) is 4.90 Å². The zero-order chi connectivity index (χ0) is 16.0. The number of anilines is 1. The predicted molar refractivity (Wildman–Crippen MR) is 90.3 cm³/mol. The second kappa shape index (κ2) is 5.27. The molecule has 0 unspecified atom stereocenters. The molecule has 2 heterocycles. The molecule has 4 heteroatoms. The molecule has 0 aliphatic carbocycles. The molecule has 1 aromatic rings. The lowest BCUT2D eigenvalue weighted by Gasteiger charge is -2.46. The van der Waals surface area contributed by atoms with Crippen LogP contribution in [-0.2, 0) is 6.42 Å². The molecular formula is C18H27N3O. The van der Waals surface area contributed by atoms with E-state index in [1.165, 1.54) is 5.56 Å². The van der Waals surface area contributed by atoms with Gasteiger partial charge >= 0.3 is 6.03 Å². The van der Waals surface area contributed by atoms with Crippen molar-refractivity contribution in [3.63, 3.8) is 0 Å². The Morgan fingerprint density at radius 2 is 1.82 bits per heavy atom. The average Bonchev–Trinajstić information content (AvgIpc) is 2.78. The van der Waals surface area contributed by atoms with Crippen molar-refractivity contribution in [3.05, 3.63) is 29.8 Å². The molecule has 0 radical (unpaired) electrons. The minimum absolute atomic E-state index is 0.0443. The largest absolute Gasteiger partial charge is 0.335 e. The number of benzene rings is 1. The number of hydrogen-bond donors (Lipinski definition) is 2. The Labute approximate surface area is 133 Å². The van der Waals surface area contributed by atoms with Gasteiger partial charge in [0.25, 0.3) is 0 Å². The van der Waals surface area contributed by atoms with Gasteiger partial charge in [0.2, 0.25) is 0 Å². The van der Waals surface area contributed by atoms with Crippen molar-refractivity contribution >= 4 is 11.7 Å². The molecule has 2 aliphatic heterocycles. The highest BCUT2D eigenvalue weighted by Crippen LogP contribution is 2.30. The fourth-order valence-electron chi connectivity index (χ4n) is 4.23. The predicted octanol–water partition coefficient (Wildman–Crippen LogP) is 3.07. The summed E-state index contributed by atoms with van der Waals surface area (Å²) in [6, 6.07) is 8.45. The molecule has 1 fully saturated rings. The second-order valence-electron chi connectivity index (χ2n) is 7.98. The first-order valence-electron chi connectivity index (χ1n) is 8.21. The number of nitrogens with one attached hydrogen (secondary N) is 2. The number of urea groups is 1. The highest BCUT2D eigenvalue weighted by molar-refractivity contribution is 5.94. The van der Waals surface area contributed by atoms with Crippen LogP contribution in [0, 0.1) is 0 Å². The van der Waals surface area contributed by atoms with Gasteiger partial charge in [-0.05, 0) is 58.6 Å². The summed E-state index contributed by atoms with van der Waals surface area (Å²) >= 11 is 0. The molecule has 0 aromatic heterocycles. The van der Waals surface area contributed by atoms with E-state index in [4.69, 9.17) is 0 Å². The zero-order valence-electron chi connectivity index (χ0n) is 14.1. The summed E-state index contributed by atoms with van der Waals surface area (Å²) in [4.78, 5) is 14.6. The normalized spacial score (nSPS) is 23.2. The van der Waals surface area contributed by atoms with E-state index in [1.54, 1.807) is 0 Å². The van der Waals surface area contributed by atoms with Crippen LogP contribution in [-0.4, -0.2) is 29.7 Å². The molecule has 1 saturated heterocycles. The number of hydrogen-bond acceptors (Lipinski definition) is 2. The van der Waals surface area contributed by atoms with Crippen LogP contribution in [0.2, 0.25) is 0 Å². The van der Waals surface area contributed by atoms with Gasteiger partial charge in [0, 0.05) is 29.4 Å². The smallest absolute Gasteiger partial charge is 0.322 e. The van der Waals surface area contributed by atoms with E-state index in [0.29, 0.717) is 0 Å². The summed E-state index contributed by atoms with van der Waals surface area (Å²) in [6.45, 7) is 9.61. The minimum atomic E-state index is 0.0443. The molecule has 0 spiro atoms. The van der Waals surface area contributed by atoms with Crippen molar-refractivity contribution in [2.75, 3.05) is 11.4 Å². The third kappa shape index (κ3) is 3.12. The van der Waals surface area contributed by atoms with Crippen molar-refractivity contribution in [2.24, 2.45) is 0 Å². The third-order valence-electron chi connectivity index (χ3n) is 4.65. The van der Waals surface area contributed by atoms with E-state index in [-0.39, 0.29) is 23.2 Å². The molecule has 22 heavy (non-hydrogen) atoms. The van der Waals surface area contributed by atoms with Gasteiger partial charge in [-0.15, -0.1) is 0 Å². The van der Waals surface area contributed by atoms with Crippen molar-refractivity contribution in [2.45, 2.75) is 64.1 Å². The molecule has 1 aromatic carbocycles. The fourth-order valence-corrected chi connectivity index (χ4v) is 4.23.